The fourth-order valence-electron chi connectivity index (χ4n) is 2.20. The van der Waals surface area contributed by atoms with Gasteiger partial charge in [-0.3, -0.25) is 0 Å². The number of nitrogen functional groups attached to an aromatic ring is 1. The summed E-state index contributed by atoms with van der Waals surface area (Å²) in [7, 11) is 1.79. The number of aryl methyl sites for hydroxylation is 2. The Hall–Kier alpha value is -1.94. The van der Waals surface area contributed by atoms with Gasteiger partial charge in [0.2, 0.25) is 0 Å². The van der Waals surface area contributed by atoms with Gasteiger partial charge in [0.25, 0.3) is 0 Å². The lowest BCUT2D eigenvalue weighted by Gasteiger charge is -2.20. The molecular weight excluding hydrogens is 241 g/mol. The number of rotatable bonds is 3. The normalized spacial score (nSPS) is 12.4. The highest BCUT2D eigenvalue weighted by atomic mass is 19.1. The molecule has 3 N–H and O–H groups in total. The van der Waals surface area contributed by atoms with Gasteiger partial charge in [0.1, 0.15) is 11.6 Å². The van der Waals surface area contributed by atoms with Gasteiger partial charge in [0.05, 0.1) is 6.04 Å². The van der Waals surface area contributed by atoms with Crippen LogP contribution in [0.1, 0.15) is 28.3 Å². The van der Waals surface area contributed by atoms with Crippen molar-refractivity contribution in [3.63, 3.8) is 0 Å². The zero-order valence-corrected chi connectivity index (χ0v) is 11.4. The predicted octanol–water partition coefficient (Wildman–Crippen LogP) is 2.73. The molecular formula is C15H18FN3. The third-order valence-electron chi connectivity index (χ3n) is 3.15. The molecule has 4 heteroatoms. The van der Waals surface area contributed by atoms with E-state index in [0.29, 0.717) is 11.4 Å². The van der Waals surface area contributed by atoms with Crippen LogP contribution in [0.4, 0.5) is 10.2 Å². The Bertz CT molecular complexity index is 544. The molecule has 0 aliphatic rings. The number of hydrogen-bond donors (Lipinski definition) is 2. The van der Waals surface area contributed by atoms with E-state index < -0.39 is 0 Å². The molecule has 0 aliphatic heterocycles. The van der Waals surface area contributed by atoms with Gasteiger partial charge in [0, 0.05) is 17.3 Å². The first-order valence-electron chi connectivity index (χ1n) is 6.18. The number of nitrogens with zero attached hydrogens (tertiary/aromatic N) is 1. The van der Waals surface area contributed by atoms with Crippen molar-refractivity contribution in [3.8, 4) is 0 Å². The van der Waals surface area contributed by atoms with Crippen LogP contribution >= 0.6 is 0 Å². The molecule has 0 saturated carbocycles. The molecule has 1 atom stereocenters. The molecule has 0 radical (unpaired) electrons. The molecule has 1 heterocycles. The van der Waals surface area contributed by atoms with Crippen molar-refractivity contribution in [2.45, 2.75) is 19.9 Å². The van der Waals surface area contributed by atoms with Gasteiger partial charge in [-0.1, -0.05) is 17.7 Å². The maximum absolute atomic E-state index is 14.0. The predicted molar refractivity (Wildman–Crippen MR) is 75.4 cm³/mol. The summed E-state index contributed by atoms with van der Waals surface area (Å²) in [6.45, 7) is 3.88. The molecule has 0 fully saturated rings. The van der Waals surface area contributed by atoms with Gasteiger partial charge in [0.15, 0.2) is 0 Å². The van der Waals surface area contributed by atoms with Crippen molar-refractivity contribution in [2.24, 2.45) is 0 Å². The van der Waals surface area contributed by atoms with Gasteiger partial charge >= 0.3 is 0 Å². The van der Waals surface area contributed by atoms with Crippen molar-refractivity contribution in [3.05, 3.63) is 58.5 Å². The van der Waals surface area contributed by atoms with Crippen molar-refractivity contribution >= 4 is 5.82 Å². The molecule has 19 heavy (non-hydrogen) atoms. The molecule has 0 bridgehead atoms. The standard InChI is InChI=1S/C15H18FN3/c1-9-4-5-13(16)11(6-9)14(18-3)12-7-10(2)8-19-15(12)17/h4-8,14,18H,1-3H3,(H2,17,19). The van der Waals surface area contributed by atoms with E-state index in [2.05, 4.69) is 10.3 Å². The fraction of sp³-hybridized carbons (Fsp3) is 0.267. The molecule has 2 aromatic rings. The molecule has 1 unspecified atom stereocenters. The summed E-state index contributed by atoms with van der Waals surface area (Å²) in [5.41, 5.74) is 9.31. The highest BCUT2D eigenvalue weighted by molar-refractivity contribution is 5.47. The topological polar surface area (TPSA) is 50.9 Å². The van der Waals surface area contributed by atoms with Crippen LogP contribution in [0.25, 0.3) is 0 Å². The lowest BCUT2D eigenvalue weighted by atomic mass is 9.96. The van der Waals surface area contributed by atoms with Gasteiger partial charge in [-0.2, -0.15) is 0 Å². The van der Waals surface area contributed by atoms with E-state index in [0.717, 1.165) is 16.7 Å². The number of halogens is 1. The summed E-state index contributed by atoms with van der Waals surface area (Å²) in [5.74, 6) is 0.178. The SMILES string of the molecule is CNC(c1cc(C)ccc1F)c1cc(C)cnc1N. The Labute approximate surface area is 112 Å². The van der Waals surface area contributed by atoms with Gasteiger partial charge in [-0.25, -0.2) is 9.37 Å². The first-order valence-corrected chi connectivity index (χ1v) is 6.18. The minimum Gasteiger partial charge on any atom is -0.383 e. The van der Waals surface area contributed by atoms with E-state index in [9.17, 15) is 4.39 Å². The van der Waals surface area contributed by atoms with Gasteiger partial charge in [-0.05, 0) is 38.6 Å². The molecule has 0 amide bonds. The molecule has 2 rings (SSSR count). The third-order valence-corrected chi connectivity index (χ3v) is 3.15. The number of anilines is 1. The maximum atomic E-state index is 14.0. The quantitative estimate of drug-likeness (QED) is 0.891. The summed E-state index contributed by atoms with van der Waals surface area (Å²) in [6, 6.07) is 6.70. The minimum atomic E-state index is -0.299. The molecule has 3 nitrogen and oxygen atoms in total. The van der Waals surface area contributed by atoms with E-state index in [1.54, 1.807) is 19.3 Å². The zero-order valence-electron chi connectivity index (χ0n) is 11.4. The Balaban J connectivity index is 2.55. The maximum Gasteiger partial charge on any atom is 0.128 e. The Morgan fingerprint density at radius 2 is 1.84 bits per heavy atom. The van der Waals surface area contributed by atoms with Crippen LogP contribution in [0, 0.1) is 19.7 Å². The average Bonchev–Trinajstić information content (AvgIpc) is 2.38. The van der Waals surface area contributed by atoms with Crippen LogP contribution in [-0.2, 0) is 0 Å². The molecule has 1 aromatic carbocycles. The van der Waals surface area contributed by atoms with E-state index in [4.69, 9.17) is 5.73 Å². The fourth-order valence-corrected chi connectivity index (χ4v) is 2.20. The molecule has 100 valence electrons. The van der Waals surface area contributed by atoms with Crippen LogP contribution in [0.5, 0.6) is 0 Å². The number of nitrogens with one attached hydrogen (secondary N) is 1. The van der Waals surface area contributed by atoms with Crippen LogP contribution < -0.4 is 11.1 Å². The van der Waals surface area contributed by atoms with E-state index in [-0.39, 0.29) is 11.9 Å². The van der Waals surface area contributed by atoms with Crippen LogP contribution in [0.15, 0.2) is 30.5 Å². The van der Waals surface area contributed by atoms with Crippen LogP contribution in [-0.4, -0.2) is 12.0 Å². The number of nitrogens with two attached hydrogens (primary N) is 1. The summed E-state index contributed by atoms with van der Waals surface area (Å²) < 4.78 is 14.0. The molecule has 0 saturated heterocycles. The second kappa shape index (κ2) is 5.36. The van der Waals surface area contributed by atoms with Gasteiger partial charge in [-0.15, -0.1) is 0 Å². The second-order valence-corrected chi connectivity index (χ2v) is 4.73. The highest BCUT2D eigenvalue weighted by Crippen LogP contribution is 2.28. The lowest BCUT2D eigenvalue weighted by molar-refractivity contribution is 0.575. The van der Waals surface area contributed by atoms with E-state index in [1.165, 1.54) is 6.07 Å². The first-order chi connectivity index (χ1) is 9.02. The first kappa shape index (κ1) is 13.5. The van der Waals surface area contributed by atoms with Crippen LogP contribution in [0.2, 0.25) is 0 Å². The van der Waals surface area contributed by atoms with Crippen molar-refractivity contribution < 1.29 is 4.39 Å². The molecule has 1 aromatic heterocycles. The smallest absolute Gasteiger partial charge is 0.128 e. The summed E-state index contributed by atoms with van der Waals surface area (Å²) in [5, 5.41) is 3.11. The average molecular weight is 259 g/mol. The Kier molecular flexibility index (Phi) is 3.81. The van der Waals surface area contributed by atoms with E-state index >= 15 is 0 Å². The van der Waals surface area contributed by atoms with Crippen LogP contribution in [0.3, 0.4) is 0 Å². The number of hydrogen-bond acceptors (Lipinski definition) is 3. The van der Waals surface area contributed by atoms with Crippen molar-refractivity contribution in [1.82, 2.24) is 10.3 Å². The van der Waals surface area contributed by atoms with E-state index in [1.807, 2.05) is 26.0 Å². The number of aromatic nitrogens is 1. The lowest BCUT2D eigenvalue weighted by Crippen LogP contribution is -2.21. The largest absolute Gasteiger partial charge is 0.383 e. The minimum absolute atomic E-state index is 0.245. The summed E-state index contributed by atoms with van der Waals surface area (Å²) in [6.07, 6.45) is 1.71. The zero-order chi connectivity index (χ0) is 14.0. The summed E-state index contributed by atoms with van der Waals surface area (Å²) in [4.78, 5) is 4.14. The molecule has 0 aliphatic carbocycles. The van der Waals surface area contributed by atoms with Gasteiger partial charge < -0.3 is 11.1 Å². The number of benzene rings is 1. The molecule has 0 spiro atoms. The summed E-state index contributed by atoms with van der Waals surface area (Å²) >= 11 is 0. The monoisotopic (exact) mass is 259 g/mol. The van der Waals surface area contributed by atoms with Crippen molar-refractivity contribution in [2.75, 3.05) is 12.8 Å². The Morgan fingerprint density at radius 1 is 1.16 bits per heavy atom. The highest BCUT2D eigenvalue weighted by Gasteiger charge is 2.19. The second-order valence-electron chi connectivity index (χ2n) is 4.73. The van der Waals surface area contributed by atoms with Crippen molar-refractivity contribution in [1.29, 1.82) is 0 Å². The third kappa shape index (κ3) is 2.74. The number of pyridine rings is 1. The Morgan fingerprint density at radius 3 is 2.53 bits per heavy atom.